The number of alkyl halides is 1. The molecule has 1 atom stereocenters. The van der Waals surface area contributed by atoms with Crippen molar-refractivity contribution >= 4 is 28.5 Å². The third kappa shape index (κ3) is 2.04. The molecule has 0 aliphatic rings. The average molecular weight is 238 g/mol. The third-order valence-corrected chi connectivity index (χ3v) is 2.88. The molecule has 1 N–H and O–H groups in total. The maximum absolute atomic E-state index is 10.7. The van der Waals surface area contributed by atoms with Crippen molar-refractivity contribution in [2.45, 2.75) is 18.8 Å². The molecule has 1 unspecified atom stereocenters. The molecule has 0 saturated heterocycles. The van der Waals surface area contributed by atoms with E-state index in [2.05, 4.69) is 0 Å². The van der Waals surface area contributed by atoms with Gasteiger partial charge < -0.3 is 9.67 Å². The maximum Gasteiger partial charge on any atom is 0.323 e. The summed E-state index contributed by atoms with van der Waals surface area (Å²) in [5.41, 5.74) is 2.17. The SMILES string of the molecule is Cc1ccc2ccn(CC(Cl)C(=O)O)c2c1. The van der Waals surface area contributed by atoms with E-state index in [1.807, 2.05) is 42.0 Å². The molecular weight excluding hydrogens is 226 g/mol. The summed E-state index contributed by atoms with van der Waals surface area (Å²) in [4.78, 5) is 10.7. The Hall–Kier alpha value is -1.48. The number of fused-ring (bicyclic) bond motifs is 1. The van der Waals surface area contributed by atoms with Crippen molar-refractivity contribution in [3.8, 4) is 0 Å². The van der Waals surface area contributed by atoms with Gasteiger partial charge in [0, 0.05) is 18.3 Å². The number of benzene rings is 1. The number of aryl methyl sites for hydroxylation is 1. The van der Waals surface area contributed by atoms with Gasteiger partial charge in [-0.1, -0.05) is 12.1 Å². The fraction of sp³-hybridized carbons (Fsp3) is 0.250. The first kappa shape index (κ1) is 11.0. The number of rotatable bonds is 3. The van der Waals surface area contributed by atoms with Crippen LogP contribution in [0.25, 0.3) is 10.9 Å². The van der Waals surface area contributed by atoms with Crippen LogP contribution in [0.5, 0.6) is 0 Å². The van der Waals surface area contributed by atoms with E-state index in [4.69, 9.17) is 16.7 Å². The van der Waals surface area contributed by atoms with Crippen LogP contribution in [0.2, 0.25) is 0 Å². The molecule has 2 rings (SSSR count). The smallest absolute Gasteiger partial charge is 0.323 e. The normalized spacial score (nSPS) is 12.9. The van der Waals surface area contributed by atoms with E-state index in [0.29, 0.717) is 0 Å². The van der Waals surface area contributed by atoms with E-state index in [1.165, 1.54) is 0 Å². The number of halogens is 1. The molecule has 4 heteroatoms. The molecule has 16 heavy (non-hydrogen) atoms. The number of hydrogen-bond donors (Lipinski definition) is 1. The van der Waals surface area contributed by atoms with Gasteiger partial charge in [-0.05, 0) is 30.0 Å². The Kier molecular flexibility index (Phi) is 2.88. The number of carboxylic acid groups (broad SMARTS) is 1. The van der Waals surface area contributed by atoms with Crippen molar-refractivity contribution in [1.82, 2.24) is 4.57 Å². The van der Waals surface area contributed by atoms with Gasteiger partial charge in [0.15, 0.2) is 0 Å². The molecule has 0 spiro atoms. The van der Waals surface area contributed by atoms with Crippen LogP contribution in [-0.4, -0.2) is 21.0 Å². The van der Waals surface area contributed by atoms with Crippen LogP contribution < -0.4 is 0 Å². The molecule has 0 aliphatic carbocycles. The van der Waals surface area contributed by atoms with Gasteiger partial charge >= 0.3 is 5.97 Å². The van der Waals surface area contributed by atoms with Crippen LogP contribution in [0.3, 0.4) is 0 Å². The largest absolute Gasteiger partial charge is 0.480 e. The molecule has 1 heterocycles. The molecule has 0 aliphatic heterocycles. The van der Waals surface area contributed by atoms with Crippen molar-refractivity contribution < 1.29 is 9.90 Å². The Balaban J connectivity index is 2.37. The average Bonchev–Trinajstić information content (AvgIpc) is 2.61. The van der Waals surface area contributed by atoms with E-state index in [1.54, 1.807) is 0 Å². The minimum atomic E-state index is -0.990. The highest BCUT2D eigenvalue weighted by Gasteiger charge is 2.14. The van der Waals surface area contributed by atoms with Crippen molar-refractivity contribution in [2.75, 3.05) is 0 Å². The summed E-state index contributed by atoms with van der Waals surface area (Å²) in [6, 6.07) is 8.04. The third-order valence-electron chi connectivity index (χ3n) is 2.55. The highest BCUT2D eigenvalue weighted by Crippen LogP contribution is 2.18. The van der Waals surface area contributed by atoms with E-state index >= 15 is 0 Å². The first-order chi connectivity index (χ1) is 7.58. The van der Waals surface area contributed by atoms with Gasteiger partial charge in [-0.25, -0.2) is 0 Å². The van der Waals surface area contributed by atoms with Crippen LogP contribution in [-0.2, 0) is 11.3 Å². The van der Waals surface area contributed by atoms with Crippen molar-refractivity contribution in [1.29, 1.82) is 0 Å². The van der Waals surface area contributed by atoms with E-state index < -0.39 is 11.3 Å². The van der Waals surface area contributed by atoms with Gasteiger partial charge in [-0.15, -0.1) is 11.6 Å². The summed E-state index contributed by atoms with van der Waals surface area (Å²) in [6.07, 6.45) is 1.86. The van der Waals surface area contributed by atoms with E-state index in [9.17, 15) is 4.79 Å². The topological polar surface area (TPSA) is 42.2 Å². The molecule has 84 valence electrons. The lowest BCUT2D eigenvalue weighted by atomic mass is 10.2. The Morgan fingerprint density at radius 2 is 2.25 bits per heavy atom. The zero-order valence-electron chi connectivity index (χ0n) is 8.85. The predicted octanol–water partition coefficient (Wildman–Crippen LogP) is 2.64. The van der Waals surface area contributed by atoms with Crippen LogP contribution >= 0.6 is 11.6 Å². The summed E-state index contributed by atoms with van der Waals surface area (Å²) < 4.78 is 1.87. The Labute approximate surface area is 98.3 Å². The van der Waals surface area contributed by atoms with Gasteiger partial charge in [-0.2, -0.15) is 0 Å². The molecule has 1 aromatic carbocycles. The molecule has 3 nitrogen and oxygen atoms in total. The van der Waals surface area contributed by atoms with Crippen LogP contribution in [0.15, 0.2) is 30.5 Å². The van der Waals surface area contributed by atoms with Gasteiger partial charge in [0.1, 0.15) is 5.38 Å². The van der Waals surface area contributed by atoms with Crippen molar-refractivity contribution in [3.63, 3.8) is 0 Å². The minimum absolute atomic E-state index is 0.282. The standard InChI is InChI=1S/C12H12ClNO2/c1-8-2-3-9-4-5-14(11(9)6-8)7-10(13)12(15)16/h2-6,10H,7H2,1H3,(H,15,16). The maximum atomic E-state index is 10.7. The predicted molar refractivity (Wildman–Crippen MR) is 64.0 cm³/mol. The fourth-order valence-electron chi connectivity index (χ4n) is 1.70. The number of nitrogens with zero attached hydrogens (tertiary/aromatic N) is 1. The number of aliphatic carboxylic acids is 1. The van der Waals surface area contributed by atoms with Crippen LogP contribution in [0.4, 0.5) is 0 Å². The number of carbonyl (C=O) groups is 1. The summed E-state index contributed by atoms with van der Waals surface area (Å²) in [7, 11) is 0. The highest BCUT2D eigenvalue weighted by atomic mass is 35.5. The molecule has 0 fully saturated rings. The zero-order valence-corrected chi connectivity index (χ0v) is 9.61. The first-order valence-corrected chi connectivity index (χ1v) is 5.44. The summed E-state index contributed by atoms with van der Waals surface area (Å²) >= 11 is 5.73. The van der Waals surface area contributed by atoms with E-state index in [-0.39, 0.29) is 6.54 Å². The molecule has 0 radical (unpaired) electrons. The number of hydrogen-bond acceptors (Lipinski definition) is 1. The molecule has 0 amide bonds. The number of carboxylic acids is 1. The van der Waals surface area contributed by atoms with Crippen LogP contribution in [0.1, 0.15) is 5.56 Å². The van der Waals surface area contributed by atoms with Gasteiger partial charge in [-0.3, -0.25) is 4.79 Å². The Morgan fingerprint density at radius 3 is 2.94 bits per heavy atom. The minimum Gasteiger partial charge on any atom is -0.480 e. The molecule has 0 saturated carbocycles. The quantitative estimate of drug-likeness (QED) is 0.834. The van der Waals surface area contributed by atoms with Gasteiger partial charge in [0.05, 0.1) is 0 Å². The van der Waals surface area contributed by atoms with Gasteiger partial charge in [0.2, 0.25) is 0 Å². The Morgan fingerprint density at radius 1 is 1.50 bits per heavy atom. The second-order valence-corrected chi connectivity index (χ2v) is 4.36. The lowest BCUT2D eigenvalue weighted by Crippen LogP contribution is -2.19. The summed E-state index contributed by atoms with van der Waals surface area (Å²) in [5, 5.41) is 8.97. The Bertz CT molecular complexity index is 533. The number of aromatic nitrogens is 1. The monoisotopic (exact) mass is 237 g/mol. The lowest BCUT2D eigenvalue weighted by Gasteiger charge is -2.07. The molecule has 2 aromatic rings. The molecule has 0 bridgehead atoms. The zero-order chi connectivity index (χ0) is 11.7. The van der Waals surface area contributed by atoms with Crippen molar-refractivity contribution in [2.24, 2.45) is 0 Å². The highest BCUT2D eigenvalue weighted by molar-refractivity contribution is 6.29. The second-order valence-electron chi connectivity index (χ2n) is 3.84. The molecule has 1 aromatic heterocycles. The van der Waals surface area contributed by atoms with Crippen molar-refractivity contribution in [3.05, 3.63) is 36.0 Å². The fourth-order valence-corrected chi connectivity index (χ4v) is 1.85. The van der Waals surface area contributed by atoms with E-state index in [0.717, 1.165) is 16.5 Å². The first-order valence-electron chi connectivity index (χ1n) is 5.00. The second kappa shape index (κ2) is 4.18. The lowest BCUT2D eigenvalue weighted by molar-refractivity contribution is -0.136. The van der Waals surface area contributed by atoms with Gasteiger partial charge in [0.25, 0.3) is 0 Å². The summed E-state index contributed by atoms with van der Waals surface area (Å²) in [5.74, 6) is -0.990. The summed E-state index contributed by atoms with van der Waals surface area (Å²) in [6.45, 7) is 2.29. The van der Waals surface area contributed by atoms with Crippen LogP contribution in [0, 0.1) is 6.92 Å². The molecular formula is C12H12ClNO2.